The first-order valence-electron chi connectivity index (χ1n) is 10.4. The van der Waals surface area contributed by atoms with Crippen LogP contribution in [0, 0.1) is 5.92 Å². The second-order valence-electron chi connectivity index (χ2n) is 7.27. The minimum absolute atomic E-state index is 0.108. The molecular formula is C24H33NO3. The zero-order valence-corrected chi connectivity index (χ0v) is 17.0. The molecule has 1 atom stereocenters. The molecule has 4 heteroatoms. The van der Waals surface area contributed by atoms with Crippen molar-refractivity contribution in [3.8, 4) is 0 Å². The number of aryl methyl sites for hydroxylation is 1. The molecule has 0 radical (unpaired) electrons. The summed E-state index contributed by atoms with van der Waals surface area (Å²) in [6, 6.07) is 14.4. The fourth-order valence-corrected chi connectivity index (χ4v) is 3.40. The van der Waals surface area contributed by atoms with Crippen LogP contribution in [-0.4, -0.2) is 24.7 Å². The van der Waals surface area contributed by atoms with Gasteiger partial charge in [-0.05, 0) is 48.8 Å². The number of aromatic nitrogens is 1. The molecule has 0 spiro atoms. The van der Waals surface area contributed by atoms with Crippen LogP contribution in [-0.2, 0) is 27.3 Å². The summed E-state index contributed by atoms with van der Waals surface area (Å²) < 4.78 is 10.6. The highest BCUT2D eigenvalue weighted by molar-refractivity contribution is 5.69. The average Bonchev–Trinajstić information content (AvgIpc) is 2.75. The van der Waals surface area contributed by atoms with E-state index >= 15 is 0 Å². The highest BCUT2D eigenvalue weighted by Gasteiger charge is 2.12. The second-order valence-corrected chi connectivity index (χ2v) is 7.27. The number of rotatable bonds is 14. The van der Waals surface area contributed by atoms with Crippen LogP contribution in [0.3, 0.4) is 0 Å². The van der Waals surface area contributed by atoms with Gasteiger partial charge in [-0.3, -0.25) is 9.78 Å². The van der Waals surface area contributed by atoms with Crippen LogP contribution >= 0.6 is 0 Å². The van der Waals surface area contributed by atoms with Gasteiger partial charge in [0.1, 0.15) is 0 Å². The maximum Gasteiger partial charge on any atom is 0.305 e. The first-order chi connectivity index (χ1) is 13.8. The lowest BCUT2D eigenvalue weighted by atomic mass is 9.91. The van der Waals surface area contributed by atoms with Gasteiger partial charge in [0.2, 0.25) is 0 Å². The third kappa shape index (κ3) is 9.65. The molecule has 2 aromatic rings. The lowest BCUT2D eigenvalue weighted by Gasteiger charge is -2.16. The number of ether oxygens (including phenoxy) is 2. The van der Waals surface area contributed by atoms with Crippen molar-refractivity contribution >= 4 is 5.97 Å². The van der Waals surface area contributed by atoms with Crippen molar-refractivity contribution in [3.05, 3.63) is 66.0 Å². The molecule has 4 nitrogen and oxygen atoms in total. The van der Waals surface area contributed by atoms with Crippen LogP contribution in [0.25, 0.3) is 0 Å². The topological polar surface area (TPSA) is 48.4 Å². The Morgan fingerprint density at radius 2 is 1.75 bits per heavy atom. The molecule has 1 aromatic heterocycles. The fraction of sp³-hybridized carbons (Fsp3) is 0.500. The fourth-order valence-electron chi connectivity index (χ4n) is 3.40. The number of hydrogen-bond acceptors (Lipinski definition) is 4. The van der Waals surface area contributed by atoms with E-state index in [1.165, 1.54) is 18.2 Å². The highest BCUT2D eigenvalue weighted by Crippen LogP contribution is 2.22. The SMILES string of the molecule is COC(=O)CC[C@@H](CCCCOCc1ccccc1)CCCc1cccnc1. The normalized spacial score (nSPS) is 11.9. The number of carbonyl (C=O) groups excluding carboxylic acids is 1. The number of pyridine rings is 1. The number of esters is 1. The molecule has 28 heavy (non-hydrogen) atoms. The minimum Gasteiger partial charge on any atom is -0.469 e. The summed E-state index contributed by atoms with van der Waals surface area (Å²) in [4.78, 5) is 15.7. The van der Waals surface area contributed by atoms with Crippen LogP contribution in [0.1, 0.15) is 56.1 Å². The third-order valence-corrected chi connectivity index (χ3v) is 5.05. The van der Waals surface area contributed by atoms with Crippen LogP contribution in [0.5, 0.6) is 0 Å². The van der Waals surface area contributed by atoms with Gasteiger partial charge in [-0.25, -0.2) is 0 Å². The molecule has 0 aliphatic heterocycles. The zero-order chi connectivity index (χ0) is 19.9. The molecule has 0 saturated carbocycles. The largest absolute Gasteiger partial charge is 0.469 e. The van der Waals surface area contributed by atoms with Gasteiger partial charge in [-0.1, -0.05) is 55.7 Å². The van der Waals surface area contributed by atoms with Crippen molar-refractivity contribution in [1.29, 1.82) is 0 Å². The van der Waals surface area contributed by atoms with Crippen molar-refractivity contribution in [2.24, 2.45) is 5.92 Å². The summed E-state index contributed by atoms with van der Waals surface area (Å²) in [5.74, 6) is 0.452. The maximum atomic E-state index is 11.5. The van der Waals surface area contributed by atoms with E-state index in [2.05, 4.69) is 23.2 Å². The van der Waals surface area contributed by atoms with Crippen molar-refractivity contribution in [2.75, 3.05) is 13.7 Å². The summed E-state index contributed by atoms with van der Waals surface area (Å²) >= 11 is 0. The van der Waals surface area contributed by atoms with Crippen molar-refractivity contribution in [1.82, 2.24) is 4.98 Å². The monoisotopic (exact) mass is 383 g/mol. The number of methoxy groups -OCH3 is 1. The Labute approximate surface area is 169 Å². The molecule has 0 bridgehead atoms. The number of benzene rings is 1. The number of carbonyl (C=O) groups is 1. The Morgan fingerprint density at radius 1 is 0.964 bits per heavy atom. The van der Waals surface area contributed by atoms with Gasteiger partial charge in [0, 0.05) is 25.4 Å². The Bertz CT molecular complexity index is 645. The molecule has 0 unspecified atom stereocenters. The van der Waals surface area contributed by atoms with Gasteiger partial charge in [0.15, 0.2) is 0 Å². The van der Waals surface area contributed by atoms with E-state index in [0.29, 0.717) is 18.9 Å². The minimum atomic E-state index is -0.108. The molecule has 2 rings (SSSR count). The predicted molar refractivity (Wildman–Crippen MR) is 112 cm³/mol. The van der Waals surface area contributed by atoms with E-state index in [4.69, 9.17) is 9.47 Å². The van der Waals surface area contributed by atoms with E-state index in [9.17, 15) is 4.79 Å². The molecule has 152 valence electrons. The summed E-state index contributed by atoms with van der Waals surface area (Å²) in [5.41, 5.74) is 2.50. The Hall–Kier alpha value is -2.20. The molecule has 0 N–H and O–H groups in total. The molecule has 0 amide bonds. The Kier molecular flexibility index (Phi) is 11.0. The first-order valence-corrected chi connectivity index (χ1v) is 10.4. The van der Waals surface area contributed by atoms with Crippen LogP contribution in [0.4, 0.5) is 0 Å². The lowest BCUT2D eigenvalue weighted by Crippen LogP contribution is -2.08. The van der Waals surface area contributed by atoms with Gasteiger partial charge >= 0.3 is 5.97 Å². The van der Waals surface area contributed by atoms with Gasteiger partial charge in [0.25, 0.3) is 0 Å². The summed E-state index contributed by atoms with van der Waals surface area (Å²) in [6.07, 6.45) is 11.8. The average molecular weight is 384 g/mol. The number of unbranched alkanes of at least 4 members (excludes halogenated alkanes) is 1. The maximum absolute atomic E-state index is 11.5. The van der Waals surface area contributed by atoms with E-state index in [0.717, 1.165) is 51.6 Å². The van der Waals surface area contributed by atoms with Gasteiger partial charge in [-0.2, -0.15) is 0 Å². The van der Waals surface area contributed by atoms with Crippen molar-refractivity contribution in [2.45, 2.75) is 58.0 Å². The molecular weight excluding hydrogens is 350 g/mol. The second kappa shape index (κ2) is 13.9. The number of nitrogens with zero attached hydrogens (tertiary/aromatic N) is 1. The lowest BCUT2D eigenvalue weighted by molar-refractivity contribution is -0.141. The standard InChI is InChI=1S/C24H33NO3/c1-27-24(26)16-15-21(12-7-13-22-14-8-17-25-19-22)9-5-6-18-28-20-23-10-3-2-4-11-23/h2-4,8,10-11,14,17,19,21H,5-7,9,12-13,15-16,18,20H2,1H3/t21-/m0/s1. The summed E-state index contributed by atoms with van der Waals surface area (Å²) in [5, 5.41) is 0. The molecule has 0 aliphatic rings. The van der Waals surface area contributed by atoms with Gasteiger partial charge in [-0.15, -0.1) is 0 Å². The molecule has 0 saturated heterocycles. The third-order valence-electron chi connectivity index (χ3n) is 5.05. The quantitative estimate of drug-likeness (QED) is 0.325. The Morgan fingerprint density at radius 3 is 2.50 bits per heavy atom. The van der Waals surface area contributed by atoms with Gasteiger partial charge < -0.3 is 9.47 Å². The van der Waals surface area contributed by atoms with Gasteiger partial charge in [0.05, 0.1) is 13.7 Å². The summed E-state index contributed by atoms with van der Waals surface area (Å²) in [7, 11) is 1.46. The molecule has 0 aliphatic carbocycles. The molecule has 1 aromatic carbocycles. The van der Waals surface area contributed by atoms with Crippen LogP contribution < -0.4 is 0 Å². The predicted octanol–water partition coefficient (Wildman–Crippen LogP) is 5.36. The van der Waals surface area contributed by atoms with Crippen LogP contribution in [0.15, 0.2) is 54.9 Å². The van der Waals surface area contributed by atoms with E-state index in [1.54, 1.807) is 0 Å². The van der Waals surface area contributed by atoms with Crippen molar-refractivity contribution in [3.63, 3.8) is 0 Å². The van der Waals surface area contributed by atoms with E-state index < -0.39 is 0 Å². The van der Waals surface area contributed by atoms with E-state index in [-0.39, 0.29) is 5.97 Å². The number of hydrogen-bond donors (Lipinski definition) is 0. The smallest absolute Gasteiger partial charge is 0.305 e. The zero-order valence-electron chi connectivity index (χ0n) is 17.0. The molecule has 0 fully saturated rings. The summed E-state index contributed by atoms with van der Waals surface area (Å²) in [6.45, 7) is 1.46. The van der Waals surface area contributed by atoms with E-state index in [1.807, 2.05) is 36.7 Å². The Balaban J connectivity index is 1.63. The highest BCUT2D eigenvalue weighted by atomic mass is 16.5. The van der Waals surface area contributed by atoms with Crippen molar-refractivity contribution < 1.29 is 14.3 Å². The molecule has 1 heterocycles. The van der Waals surface area contributed by atoms with Crippen LogP contribution in [0.2, 0.25) is 0 Å². The first kappa shape index (κ1) is 22.1.